The van der Waals surface area contributed by atoms with Gasteiger partial charge in [0.15, 0.2) is 0 Å². The van der Waals surface area contributed by atoms with E-state index in [0.29, 0.717) is 17.9 Å². The van der Waals surface area contributed by atoms with Gasteiger partial charge in [-0.25, -0.2) is 9.78 Å². The molecule has 0 saturated heterocycles. The lowest BCUT2D eigenvalue weighted by Gasteiger charge is -2.26. The minimum Gasteiger partial charge on any atom is -0.506 e. The highest BCUT2D eigenvalue weighted by atomic mass is 79.9. The summed E-state index contributed by atoms with van der Waals surface area (Å²) in [5.41, 5.74) is 5.72. The van der Waals surface area contributed by atoms with E-state index in [1.807, 2.05) is 30.0 Å². The zero-order chi connectivity index (χ0) is 19.8. The Balaban J connectivity index is 1.81. The number of anilines is 2. The molecule has 1 aliphatic carbocycles. The molecule has 1 heterocycles. The van der Waals surface area contributed by atoms with Gasteiger partial charge in [0.05, 0.1) is 18.4 Å². The van der Waals surface area contributed by atoms with Crippen LogP contribution in [0, 0.1) is 0 Å². The Hall–Kier alpha value is -2.86. The predicted molar refractivity (Wildman–Crippen MR) is 112 cm³/mol. The summed E-state index contributed by atoms with van der Waals surface area (Å²) in [6.45, 7) is 2.62. The molecule has 1 aromatic heterocycles. The number of aromatic nitrogens is 1. The van der Waals surface area contributed by atoms with Gasteiger partial charge in [0.1, 0.15) is 11.6 Å². The van der Waals surface area contributed by atoms with Gasteiger partial charge in [0.25, 0.3) is 0 Å². The monoisotopic (exact) mass is 438 g/mol. The molecule has 0 atom stereocenters. The zero-order valence-corrected chi connectivity index (χ0v) is 17.2. The van der Waals surface area contributed by atoms with Crippen molar-refractivity contribution in [2.24, 2.45) is 0 Å². The highest BCUT2D eigenvalue weighted by molar-refractivity contribution is 9.10. The van der Waals surface area contributed by atoms with Gasteiger partial charge < -0.3 is 14.7 Å². The van der Waals surface area contributed by atoms with E-state index >= 15 is 0 Å². The molecule has 0 bridgehead atoms. The Morgan fingerprint density at radius 3 is 2.75 bits per heavy atom. The van der Waals surface area contributed by atoms with Crippen LogP contribution in [0.5, 0.6) is 5.75 Å². The van der Waals surface area contributed by atoms with Crippen LogP contribution in [0.3, 0.4) is 0 Å². The van der Waals surface area contributed by atoms with Crippen molar-refractivity contribution < 1.29 is 14.6 Å². The Labute approximate surface area is 171 Å². The van der Waals surface area contributed by atoms with Crippen LogP contribution in [-0.2, 0) is 11.2 Å². The molecule has 0 spiro atoms. The van der Waals surface area contributed by atoms with Crippen molar-refractivity contribution in [2.45, 2.75) is 13.3 Å². The first-order valence-corrected chi connectivity index (χ1v) is 9.79. The largest absolute Gasteiger partial charge is 0.506 e. The van der Waals surface area contributed by atoms with Gasteiger partial charge in [-0.15, -0.1) is 0 Å². The van der Waals surface area contributed by atoms with E-state index in [0.717, 1.165) is 27.7 Å². The maximum Gasteiger partial charge on any atom is 0.339 e. The van der Waals surface area contributed by atoms with Gasteiger partial charge in [-0.3, -0.25) is 0 Å². The number of hydrogen-bond donors (Lipinski definition) is 1. The van der Waals surface area contributed by atoms with Gasteiger partial charge in [0, 0.05) is 23.6 Å². The summed E-state index contributed by atoms with van der Waals surface area (Å²) in [5.74, 6) is 0.447. The van der Waals surface area contributed by atoms with Crippen molar-refractivity contribution in [3.63, 3.8) is 0 Å². The number of benzene rings is 2. The van der Waals surface area contributed by atoms with E-state index in [-0.39, 0.29) is 5.75 Å². The van der Waals surface area contributed by atoms with Crippen molar-refractivity contribution in [2.75, 3.05) is 18.6 Å². The Morgan fingerprint density at radius 1 is 1.25 bits per heavy atom. The molecule has 0 radical (unpaired) electrons. The van der Waals surface area contributed by atoms with Gasteiger partial charge in [-0.05, 0) is 53.4 Å². The van der Waals surface area contributed by atoms with Crippen molar-refractivity contribution in [3.8, 4) is 16.9 Å². The molecule has 142 valence electrons. The van der Waals surface area contributed by atoms with Gasteiger partial charge >= 0.3 is 5.97 Å². The third-order valence-electron chi connectivity index (χ3n) is 5.03. The van der Waals surface area contributed by atoms with Crippen molar-refractivity contribution >= 4 is 33.4 Å². The zero-order valence-electron chi connectivity index (χ0n) is 15.6. The topological polar surface area (TPSA) is 62.7 Å². The smallest absolute Gasteiger partial charge is 0.339 e. The van der Waals surface area contributed by atoms with Gasteiger partial charge in [-0.2, -0.15) is 0 Å². The highest BCUT2D eigenvalue weighted by Crippen LogP contribution is 2.48. The van der Waals surface area contributed by atoms with Gasteiger partial charge in [0.2, 0.25) is 0 Å². The van der Waals surface area contributed by atoms with Crippen molar-refractivity contribution in [1.29, 1.82) is 0 Å². The number of esters is 1. The lowest BCUT2D eigenvalue weighted by Crippen LogP contribution is -2.19. The molecule has 1 aliphatic rings. The molecule has 4 rings (SSSR count). The van der Waals surface area contributed by atoms with Crippen LogP contribution in [0.4, 0.5) is 11.5 Å². The molecule has 5 nitrogen and oxygen atoms in total. The number of aromatic hydroxyl groups is 1. The highest BCUT2D eigenvalue weighted by Gasteiger charge is 2.28. The molecule has 28 heavy (non-hydrogen) atoms. The minimum absolute atomic E-state index is 0.211. The Morgan fingerprint density at radius 2 is 2.07 bits per heavy atom. The summed E-state index contributed by atoms with van der Waals surface area (Å²) < 4.78 is 5.78. The summed E-state index contributed by atoms with van der Waals surface area (Å²) >= 11 is 3.66. The molecule has 0 fully saturated rings. The first-order valence-electron chi connectivity index (χ1n) is 8.99. The number of rotatable bonds is 4. The van der Waals surface area contributed by atoms with Crippen molar-refractivity contribution in [3.05, 3.63) is 69.8 Å². The van der Waals surface area contributed by atoms with Crippen LogP contribution in [-0.4, -0.2) is 29.7 Å². The second-order valence-electron chi connectivity index (χ2n) is 6.55. The van der Waals surface area contributed by atoms with E-state index < -0.39 is 5.97 Å². The van der Waals surface area contributed by atoms with E-state index in [9.17, 15) is 9.90 Å². The van der Waals surface area contributed by atoms with Crippen LogP contribution >= 0.6 is 15.9 Å². The second-order valence-corrected chi connectivity index (χ2v) is 7.41. The summed E-state index contributed by atoms with van der Waals surface area (Å²) in [4.78, 5) is 18.1. The molecule has 0 unspecified atom stereocenters. The third-order valence-corrected chi connectivity index (χ3v) is 5.69. The summed E-state index contributed by atoms with van der Waals surface area (Å²) in [5, 5.41) is 10.7. The lowest BCUT2D eigenvalue weighted by atomic mass is 10.0. The molecule has 0 aliphatic heterocycles. The molecule has 0 saturated carbocycles. The standard InChI is InChI=1S/C22H19BrN2O3/c1-3-25(19-10-7-14(12-24-19)22(27)28-2)21-16-11-13-5-4-6-17(23)20(13)15(16)8-9-18(21)26/h4-10,12,26H,3,11H2,1-2H3. The number of phenolic OH excluding ortho intramolecular Hbond substituents is 1. The normalized spacial score (nSPS) is 11.7. The van der Waals surface area contributed by atoms with E-state index in [1.165, 1.54) is 24.4 Å². The SMILES string of the molecule is CCN(c1ccc(C(=O)OC)cn1)c1c(O)ccc2c1Cc1cccc(Br)c1-2. The number of nitrogens with zero attached hydrogens (tertiary/aromatic N) is 2. The van der Waals surface area contributed by atoms with Crippen molar-refractivity contribution in [1.82, 2.24) is 4.98 Å². The minimum atomic E-state index is -0.425. The van der Waals surface area contributed by atoms with E-state index in [1.54, 1.807) is 18.2 Å². The molecular formula is C22H19BrN2O3. The number of fused-ring (bicyclic) bond motifs is 3. The van der Waals surface area contributed by atoms with Crippen LogP contribution in [0.15, 0.2) is 53.1 Å². The van der Waals surface area contributed by atoms with Crippen LogP contribution in [0.1, 0.15) is 28.4 Å². The average Bonchev–Trinajstić information content (AvgIpc) is 3.10. The number of pyridine rings is 1. The number of hydrogen-bond acceptors (Lipinski definition) is 5. The third kappa shape index (κ3) is 2.94. The van der Waals surface area contributed by atoms with Crippen LogP contribution < -0.4 is 4.90 Å². The number of carbonyl (C=O) groups is 1. The first-order chi connectivity index (χ1) is 13.5. The van der Waals surface area contributed by atoms with Crippen LogP contribution in [0.2, 0.25) is 0 Å². The second kappa shape index (κ2) is 7.28. The fourth-order valence-electron chi connectivity index (χ4n) is 3.77. The molecular weight excluding hydrogens is 420 g/mol. The van der Waals surface area contributed by atoms with E-state index in [2.05, 4.69) is 27.0 Å². The lowest BCUT2D eigenvalue weighted by molar-refractivity contribution is 0.0600. The molecule has 1 N–H and O–H groups in total. The number of phenols is 1. The fourth-order valence-corrected chi connectivity index (χ4v) is 4.39. The Bertz CT molecular complexity index is 1060. The number of ether oxygens (including phenoxy) is 1. The maximum atomic E-state index is 11.7. The first kappa shape index (κ1) is 18.5. The van der Waals surface area contributed by atoms with Crippen LogP contribution in [0.25, 0.3) is 11.1 Å². The quantitative estimate of drug-likeness (QED) is 0.450. The average molecular weight is 439 g/mol. The fraction of sp³-hybridized carbons (Fsp3) is 0.182. The predicted octanol–water partition coefficient (Wildman–Crippen LogP) is 5.07. The maximum absolute atomic E-state index is 11.7. The summed E-state index contributed by atoms with van der Waals surface area (Å²) in [7, 11) is 1.34. The van der Waals surface area contributed by atoms with Gasteiger partial charge in [-0.1, -0.05) is 34.1 Å². The number of carbonyl (C=O) groups excluding carboxylic acids is 1. The molecule has 6 heteroatoms. The molecule has 3 aromatic rings. The number of methoxy groups -OCH3 is 1. The Kier molecular flexibility index (Phi) is 4.81. The van der Waals surface area contributed by atoms with E-state index in [4.69, 9.17) is 4.74 Å². The summed E-state index contributed by atoms with van der Waals surface area (Å²) in [6, 6.07) is 13.3. The summed E-state index contributed by atoms with van der Waals surface area (Å²) in [6.07, 6.45) is 2.24. The molecule has 2 aromatic carbocycles. The number of halogens is 1. The molecule has 0 amide bonds.